The minimum atomic E-state index is -0.268. The number of nitrogens with zero attached hydrogens (tertiary/aromatic N) is 1. The van der Waals surface area contributed by atoms with Crippen LogP contribution in [0.4, 0.5) is 10.1 Å². The standard InChI is InChI=1S/C21H25FN2O2/c1-24-14-12-19(13-15-24)26-18-9-7-17(8-10-18)23-21(25)11-6-16-4-2-3-5-20(16)22/h2-5,7-10,19H,6,11-15H2,1H3,(H,23,25). The lowest BCUT2D eigenvalue weighted by Gasteiger charge is -2.29. The van der Waals surface area contributed by atoms with Crippen molar-refractivity contribution < 1.29 is 13.9 Å². The number of ether oxygens (including phenoxy) is 1. The number of amides is 1. The summed E-state index contributed by atoms with van der Waals surface area (Å²) in [5.41, 5.74) is 1.28. The molecule has 4 nitrogen and oxygen atoms in total. The van der Waals surface area contributed by atoms with Gasteiger partial charge >= 0.3 is 0 Å². The van der Waals surface area contributed by atoms with E-state index in [-0.39, 0.29) is 24.2 Å². The van der Waals surface area contributed by atoms with Gasteiger partial charge < -0.3 is 15.0 Å². The fourth-order valence-corrected chi connectivity index (χ4v) is 3.08. The summed E-state index contributed by atoms with van der Waals surface area (Å²) in [4.78, 5) is 14.4. The molecule has 0 aromatic heterocycles. The molecule has 1 amide bonds. The Morgan fingerprint density at radius 2 is 1.85 bits per heavy atom. The first-order chi connectivity index (χ1) is 12.6. The Balaban J connectivity index is 1.46. The number of carbonyl (C=O) groups is 1. The maximum Gasteiger partial charge on any atom is 0.224 e. The van der Waals surface area contributed by atoms with Gasteiger partial charge in [-0.15, -0.1) is 0 Å². The van der Waals surface area contributed by atoms with Gasteiger partial charge in [0.25, 0.3) is 0 Å². The van der Waals surface area contributed by atoms with Crippen LogP contribution < -0.4 is 10.1 Å². The molecule has 1 heterocycles. The summed E-state index contributed by atoms with van der Waals surface area (Å²) in [6.45, 7) is 2.11. The number of benzene rings is 2. The average Bonchev–Trinajstić information content (AvgIpc) is 2.64. The van der Waals surface area contributed by atoms with E-state index in [1.807, 2.05) is 24.3 Å². The van der Waals surface area contributed by atoms with Crippen LogP contribution >= 0.6 is 0 Å². The molecular formula is C21H25FN2O2. The SMILES string of the molecule is CN1CCC(Oc2ccc(NC(=O)CCc3ccccc3F)cc2)CC1. The second-order valence-corrected chi connectivity index (χ2v) is 6.78. The third kappa shape index (κ3) is 5.30. The minimum absolute atomic E-state index is 0.128. The van der Waals surface area contributed by atoms with Crippen molar-refractivity contribution in [3.8, 4) is 5.75 Å². The van der Waals surface area contributed by atoms with Crippen molar-refractivity contribution >= 4 is 11.6 Å². The highest BCUT2D eigenvalue weighted by atomic mass is 19.1. The van der Waals surface area contributed by atoms with Gasteiger partial charge in [0.2, 0.25) is 5.91 Å². The lowest BCUT2D eigenvalue weighted by Crippen LogP contribution is -2.35. The van der Waals surface area contributed by atoms with Gasteiger partial charge in [-0.2, -0.15) is 0 Å². The lowest BCUT2D eigenvalue weighted by atomic mass is 10.1. The quantitative estimate of drug-likeness (QED) is 0.854. The first-order valence-corrected chi connectivity index (χ1v) is 9.08. The number of hydrogen-bond donors (Lipinski definition) is 1. The van der Waals surface area contributed by atoms with E-state index >= 15 is 0 Å². The molecular weight excluding hydrogens is 331 g/mol. The zero-order chi connectivity index (χ0) is 18.4. The third-order valence-electron chi connectivity index (χ3n) is 4.69. The number of carbonyl (C=O) groups excluding carboxylic acids is 1. The molecule has 0 radical (unpaired) electrons. The topological polar surface area (TPSA) is 41.6 Å². The molecule has 1 aliphatic heterocycles. The first-order valence-electron chi connectivity index (χ1n) is 9.08. The Morgan fingerprint density at radius 3 is 2.54 bits per heavy atom. The molecule has 0 bridgehead atoms. The zero-order valence-electron chi connectivity index (χ0n) is 15.1. The summed E-state index contributed by atoms with van der Waals surface area (Å²) < 4.78 is 19.6. The molecule has 1 fully saturated rings. The molecule has 5 heteroatoms. The molecule has 0 unspecified atom stereocenters. The number of piperidine rings is 1. The van der Waals surface area contributed by atoms with Crippen molar-refractivity contribution in [1.82, 2.24) is 4.90 Å². The van der Waals surface area contributed by atoms with Crippen molar-refractivity contribution in [2.75, 3.05) is 25.5 Å². The maximum atomic E-state index is 13.6. The highest BCUT2D eigenvalue weighted by Crippen LogP contribution is 2.21. The Labute approximate surface area is 154 Å². The zero-order valence-corrected chi connectivity index (χ0v) is 15.1. The summed E-state index contributed by atoms with van der Waals surface area (Å²) in [6, 6.07) is 14.0. The number of anilines is 1. The van der Waals surface area contributed by atoms with E-state index in [0.29, 0.717) is 12.0 Å². The Morgan fingerprint density at radius 1 is 1.15 bits per heavy atom. The summed E-state index contributed by atoms with van der Waals surface area (Å²) in [5, 5.41) is 2.84. The van der Waals surface area contributed by atoms with Crippen LogP contribution in [0.2, 0.25) is 0 Å². The molecule has 1 aliphatic rings. The summed E-state index contributed by atoms with van der Waals surface area (Å²) in [5.74, 6) is 0.428. The summed E-state index contributed by atoms with van der Waals surface area (Å²) in [7, 11) is 2.12. The highest BCUT2D eigenvalue weighted by Gasteiger charge is 2.17. The molecule has 0 aliphatic carbocycles. The smallest absolute Gasteiger partial charge is 0.224 e. The predicted molar refractivity (Wildman–Crippen MR) is 101 cm³/mol. The van der Waals surface area contributed by atoms with Gasteiger partial charge in [0.1, 0.15) is 17.7 Å². The van der Waals surface area contributed by atoms with Gasteiger partial charge in [-0.1, -0.05) is 18.2 Å². The number of halogens is 1. The monoisotopic (exact) mass is 356 g/mol. The first kappa shape index (κ1) is 18.4. The second-order valence-electron chi connectivity index (χ2n) is 6.78. The molecule has 0 saturated carbocycles. The molecule has 0 spiro atoms. The van der Waals surface area contributed by atoms with E-state index < -0.39 is 0 Å². The van der Waals surface area contributed by atoms with Crippen LogP contribution in [0, 0.1) is 5.82 Å². The number of likely N-dealkylation sites (tertiary alicyclic amines) is 1. The van der Waals surface area contributed by atoms with Crippen molar-refractivity contribution in [3.63, 3.8) is 0 Å². The number of hydrogen-bond acceptors (Lipinski definition) is 3. The van der Waals surface area contributed by atoms with E-state index in [1.54, 1.807) is 18.2 Å². The van der Waals surface area contributed by atoms with Crippen molar-refractivity contribution in [2.24, 2.45) is 0 Å². The molecule has 3 rings (SSSR count). The van der Waals surface area contributed by atoms with Crippen molar-refractivity contribution in [3.05, 3.63) is 59.9 Å². The Hall–Kier alpha value is -2.40. The van der Waals surface area contributed by atoms with E-state index in [4.69, 9.17) is 4.74 Å². The van der Waals surface area contributed by atoms with E-state index in [2.05, 4.69) is 17.3 Å². The van der Waals surface area contributed by atoms with E-state index in [0.717, 1.165) is 37.4 Å². The van der Waals surface area contributed by atoms with Gasteiger partial charge in [0.05, 0.1) is 0 Å². The fourth-order valence-electron chi connectivity index (χ4n) is 3.08. The largest absolute Gasteiger partial charge is 0.490 e. The molecule has 26 heavy (non-hydrogen) atoms. The number of nitrogens with one attached hydrogen (secondary N) is 1. The summed E-state index contributed by atoms with van der Waals surface area (Å²) in [6.07, 6.45) is 2.95. The van der Waals surface area contributed by atoms with Gasteiger partial charge in [0, 0.05) is 25.2 Å². The average molecular weight is 356 g/mol. The third-order valence-corrected chi connectivity index (χ3v) is 4.69. The Kier molecular flexibility index (Phi) is 6.23. The van der Waals surface area contributed by atoms with Crippen molar-refractivity contribution in [1.29, 1.82) is 0 Å². The van der Waals surface area contributed by atoms with Crippen LogP contribution in [0.15, 0.2) is 48.5 Å². The van der Waals surface area contributed by atoms with Crippen LogP contribution in [0.1, 0.15) is 24.8 Å². The van der Waals surface area contributed by atoms with Crippen LogP contribution in [0.3, 0.4) is 0 Å². The van der Waals surface area contributed by atoms with Gasteiger partial charge in [-0.05, 0) is 62.2 Å². The van der Waals surface area contributed by atoms with Gasteiger partial charge in [-0.3, -0.25) is 4.79 Å². The molecule has 2 aromatic carbocycles. The van der Waals surface area contributed by atoms with E-state index in [9.17, 15) is 9.18 Å². The summed E-state index contributed by atoms with van der Waals surface area (Å²) >= 11 is 0. The maximum absolute atomic E-state index is 13.6. The lowest BCUT2D eigenvalue weighted by molar-refractivity contribution is -0.116. The molecule has 138 valence electrons. The molecule has 0 atom stereocenters. The Bertz CT molecular complexity index is 725. The fraction of sp³-hybridized carbons (Fsp3) is 0.381. The highest BCUT2D eigenvalue weighted by molar-refractivity contribution is 5.90. The van der Waals surface area contributed by atoms with Gasteiger partial charge in [-0.25, -0.2) is 4.39 Å². The minimum Gasteiger partial charge on any atom is -0.490 e. The normalized spacial score (nSPS) is 15.6. The van der Waals surface area contributed by atoms with Crippen LogP contribution in [-0.2, 0) is 11.2 Å². The van der Waals surface area contributed by atoms with Crippen LogP contribution in [0.25, 0.3) is 0 Å². The molecule has 1 saturated heterocycles. The number of rotatable bonds is 6. The van der Waals surface area contributed by atoms with Crippen LogP contribution in [-0.4, -0.2) is 37.0 Å². The van der Waals surface area contributed by atoms with Crippen molar-refractivity contribution in [2.45, 2.75) is 31.8 Å². The van der Waals surface area contributed by atoms with Gasteiger partial charge in [0.15, 0.2) is 0 Å². The predicted octanol–water partition coefficient (Wildman–Crippen LogP) is 3.87. The second kappa shape index (κ2) is 8.81. The number of aryl methyl sites for hydroxylation is 1. The molecule has 2 aromatic rings. The molecule has 1 N–H and O–H groups in total. The van der Waals surface area contributed by atoms with Crippen LogP contribution in [0.5, 0.6) is 5.75 Å². The van der Waals surface area contributed by atoms with E-state index in [1.165, 1.54) is 6.07 Å².